The predicted octanol–water partition coefficient (Wildman–Crippen LogP) is -0.192. The lowest BCUT2D eigenvalue weighted by Crippen LogP contribution is -2.55. The molecule has 3 N–H and O–H groups in total. The van der Waals surface area contributed by atoms with Gasteiger partial charge in [0.15, 0.2) is 0 Å². The van der Waals surface area contributed by atoms with E-state index in [-0.39, 0.29) is 34.4 Å². The van der Waals surface area contributed by atoms with Gasteiger partial charge in [0.05, 0.1) is 29.8 Å². The number of amides is 3. The van der Waals surface area contributed by atoms with Gasteiger partial charge >= 0.3 is 0 Å². The highest BCUT2D eigenvalue weighted by atomic mass is 79.9. The Labute approximate surface area is 207 Å². The number of aliphatic hydroxyl groups excluding tert-OH is 1. The smallest absolute Gasteiger partial charge is 0.244 e. The molecule has 0 aromatic rings. The Kier molecular flexibility index (Phi) is 8.26. The number of alkyl halides is 1. The molecule has 6 atom stereocenters. The van der Waals surface area contributed by atoms with E-state index in [4.69, 9.17) is 4.74 Å². The van der Waals surface area contributed by atoms with Crippen LogP contribution in [-0.4, -0.2) is 113 Å². The van der Waals surface area contributed by atoms with E-state index in [1.807, 2.05) is 6.92 Å². The summed E-state index contributed by atoms with van der Waals surface area (Å²) in [5, 5.41) is 15.4. The summed E-state index contributed by atoms with van der Waals surface area (Å²) in [5.74, 6) is -1.32. The molecule has 4 rings (SSSR count). The SMILES string of the molecule is CCCNC(=O)[C@H]1[C@@H]2SC3(CC2Br)C(C(=O)NCCN2CCOCC2)N(CCCO)C(=O)[C@H]13. The number of nitrogens with one attached hydrogen (secondary N) is 2. The first kappa shape index (κ1) is 25.2. The van der Waals surface area contributed by atoms with Crippen molar-refractivity contribution < 1.29 is 24.2 Å². The lowest BCUT2D eigenvalue weighted by molar-refractivity contribution is -0.140. The van der Waals surface area contributed by atoms with Crippen molar-refractivity contribution in [2.45, 2.75) is 47.1 Å². The molecule has 1 spiro atoms. The molecule has 4 fully saturated rings. The Morgan fingerprint density at radius 3 is 2.64 bits per heavy atom. The number of aliphatic hydroxyl groups is 1. The van der Waals surface area contributed by atoms with E-state index in [0.29, 0.717) is 45.7 Å². The van der Waals surface area contributed by atoms with Gasteiger partial charge in [-0.1, -0.05) is 22.9 Å². The Morgan fingerprint density at radius 2 is 1.94 bits per heavy atom. The van der Waals surface area contributed by atoms with E-state index < -0.39 is 22.6 Å². The number of carbonyl (C=O) groups is 3. The highest BCUT2D eigenvalue weighted by Gasteiger charge is 2.75. The average Bonchev–Trinajstić information content (AvgIpc) is 3.40. The highest BCUT2D eigenvalue weighted by Crippen LogP contribution is 2.67. The van der Waals surface area contributed by atoms with Crippen molar-refractivity contribution in [3.8, 4) is 0 Å². The fourth-order valence-electron chi connectivity index (χ4n) is 5.84. The summed E-state index contributed by atoms with van der Waals surface area (Å²) in [7, 11) is 0. The number of likely N-dealkylation sites (tertiary alicyclic amines) is 1. The minimum Gasteiger partial charge on any atom is -0.396 e. The molecule has 0 aromatic carbocycles. The second-order valence-corrected chi connectivity index (χ2v) is 12.0. The zero-order valence-corrected chi connectivity index (χ0v) is 21.5. The molecule has 4 saturated heterocycles. The Hall–Kier alpha value is -0.880. The number of fused-ring (bicyclic) bond motifs is 1. The second kappa shape index (κ2) is 10.8. The molecule has 11 heteroatoms. The number of morpholine rings is 1. The third-order valence-electron chi connectivity index (χ3n) is 7.28. The molecule has 0 saturated carbocycles. The monoisotopic (exact) mass is 546 g/mol. The molecule has 4 heterocycles. The fraction of sp³-hybridized carbons (Fsp3) is 0.864. The van der Waals surface area contributed by atoms with Crippen LogP contribution in [0.3, 0.4) is 0 Å². The quantitative estimate of drug-likeness (QED) is 0.325. The van der Waals surface area contributed by atoms with Crippen LogP contribution in [0.5, 0.6) is 0 Å². The van der Waals surface area contributed by atoms with Crippen LogP contribution < -0.4 is 10.6 Å². The van der Waals surface area contributed by atoms with Crippen molar-refractivity contribution >= 4 is 45.4 Å². The first-order valence-electron chi connectivity index (χ1n) is 12.0. The van der Waals surface area contributed by atoms with E-state index in [1.54, 1.807) is 16.7 Å². The number of thioether (sulfide) groups is 1. The standard InChI is InChI=1S/C22H35BrN4O5S/c1-2-4-24-19(29)15-16-21(31)27(6-3-10-28)18(22(16)13-14(23)17(15)33-22)20(30)25-5-7-26-8-11-32-12-9-26/h14-18,28H,2-13H2,1H3,(H,24,29)(H,25,30)/t14?,15-,16+,17-,18?,22?/m1/s1. The largest absolute Gasteiger partial charge is 0.396 e. The lowest BCUT2D eigenvalue weighted by Gasteiger charge is -2.35. The number of rotatable bonds is 10. The summed E-state index contributed by atoms with van der Waals surface area (Å²) in [6.07, 6.45) is 1.91. The summed E-state index contributed by atoms with van der Waals surface area (Å²) in [4.78, 5) is 44.3. The first-order chi connectivity index (χ1) is 15.9. The lowest BCUT2D eigenvalue weighted by atomic mass is 9.70. The average molecular weight is 548 g/mol. The maximum atomic E-state index is 13.6. The Bertz CT molecular complexity index is 754. The van der Waals surface area contributed by atoms with E-state index in [2.05, 4.69) is 31.5 Å². The van der Waals surface area contributed by atoms with Gasteiger partial charge in [-0.15, -0.1) is 11.8 Å². The first-order valence-corrected chi connectivity index (χ1v) is 13.8. The van der Waals surface area contributed by atoms with Gasteiger partial charge in [0, 0.05) is 56.0 Å². The normalized spacial score (nSPS) is 35.7. The van der Waals surface area contributed by atoms with Crippen LogP contribution in [0.25, 0.3) is 0 Å². The van der Waals surface area contributed by atoms with Gasteiger partial charge in [-0.3, -0.25) is 19.3 Å². The fourth-order valence-corrected chi connectivity index (χ4v) is 9.45. The van der Waals surface area contributed by atoms with Crippen LogP contribution in [0, 0.1) is 11.8 Å². The van der Waals surface area contributed by atoms with Crippen molar-refractivity contribution in [2.75, 3.05) is 59.1 Å². The topological polar surface area (TPSA) is 111 Å². The minimum atomic E-state index is -0.634. The van der Waals surface area contributed by atoms with Crippen LogP contribution in [0.15, 0.2) is 0 Å². The van der Waals surface area contributed by atoms with Gasteiger partial charge in [-0.25, -0.2) is 0 Å². The number of carbonyl (C=O) groups excluding carboxylic acids is 3. The molecule has 0 radical (unpaired) electrons. The molecule has 0 aromatic heterocycles. The van der Waals surface area contributed by atoms with E-state index in [9.17, 15) is 19.5 Å². The van der Waals surface area contributed by atoms with Crippen molar-refractivity contribution in [1.29, 1.82) is 0 Å². The van der Waals surface area contributed by atoms with Crippen LogP contribution in [0.1, 0.15) is 26.2 Å². The number of ether oxygens (including phenoxy) is 1. The van der Waals surface area contributed by atoms with Gasteiger partial charge < -0.3 is 25.4 Å². The van der Waals surface area contributed by atoms with Gasteiger partial charge in [0.1, 0.15) is 6.04 Å². The molecule has 0 aliphatic carbocycles. The summed E-state index contributed by atoms with van der Waals surface area (Å²) in [6, 6.07) is -0.634. The zero-order chi connectivity index (χ0) is 23.6. The molecule has 2 bridgehead atoms. The third kappa shape index (κ3) is 4.68. The molecule has 9 nitrogen and oxygen atoms in total. The molecule has 3 unspecified atom stereocenters. The minimum absolute atomic E-state index is 0.0283. The van der Waals surface area contributed by atoms with Crippen LogP contribution in [0.2, 0.25) is 0 Å². The van der Waals surface area contributed by atoms with E-state index in [1.165, 1.54) is 0 Å². The Balaban J connectivity index is 1.53. The number of hydrogen-bond acceptors (Lipinski definition) is 7. The maximum Gasteiger partial charge on any atom is 0.244 e. The molecular weight excluding hydrogens is 512 g/mol. The highest BCUT2D eigenvalue weighted by molar-refractivity contribution is 9.09. The maximum absolute atomic E-state index is 13.6. The molecule has 4 aliphatic heterocycles. The van der Waals surface area contributed by atoms with Crippen LogP contribution >= 0.6 is 27.7 Å². The second-order valence-electron chi connectivity index (χ2n) is 9.31. The Morgan fingerprint density at radius 1 is 1.21 bits per heavy atom. The molecule has 4 aliphatic rings. The molecule has 33 heavy (non-hydrogen) atoms. The number of hydrogen-bond donors (Lipinski definition) is 3. The van der Waals surface area contributed by atoms with Gasteiger partial charge in [-0.2, -0.15) is 0 Å². The van der Waals surface area contributed by atoms with Gasteiger partial charge in [-0.05, 0) is 19.3 Å². The predicted molar refractivity (Wildman–Crippen MR) is 129 cm³/mol. The summed E-state index contributed by atoms with van der Waals surface area (Å²) < 4.78 is 4.76. The molecule has 3 amide bonds. The van der Waals surface area contributed by atoms with Crippen molar-refractivity contribution in [3.05, 3.63) is 0 Å². The van der Waals surface area contributed by atoms with Crippen molar-refractivity contribution in [1.82, 2.24) is 20.4 Å². The molecule has 186 valence electrons. The van der Waals surface area contributed by atoms with Crippen LogP contribution in [-0.2, 0) is 19.1 Å². The van der Waals surface area contributed by atoms with E-state index in [0.717, 1.165) is 26.1 Å². The summed E-state index contributed by atoms with van der Waals surface area (Å²) in [6.45, 7) is 7.20. The van der Waals surface area contributed by atoms with Crippen molar-refractivity contribution in [2.24, 2.45) is 11.8 Å². The third-order valence-corrected chi connectivity index (χ3v) is 10.5. The molecular formula is C22H35BrN4O5S. The van der Waals surface area contributed by atoms with Crippen molar-refractivity contribution in [3.63, 3.8) is 0 Å². The van der Waals surface area contributed by atoms with Gasteiger partial charge in [0.25, 0.3) is 0 Å². The zero-order valence-electron chi connectivity index (χ0n) is 19.1. The van der Waals surface area contributed by atoms with Gasteiger partial charge in [0.2, 0.25) is 17.7 Å². The summed E-state index contributed by atoms with van der Waals surface area (Å²) >= 11 is 5.40. The van der Waals surface area contributed by atoms with E-state index >= 15 is 0 Å². The van der Waals surface area contributed by atoms with Crippen LogP contribution in [0.4, 0.5) is 0 Å². The summed E-state index contributed by atoms with van der Waals surface area (Å²) in [5.41, 5.74) is 0. The number of halogens is 1. The number of nitrogens with zero attached hydrogens (tertiary/aromatic N) is 2.